The summed E-state index contributed by atoms with van der Waals surface area (Å²) in [6.45, 7) is 0. The summed E-state index contributed by atoms with van der Waals surface area (Å²) in [7, 11) is 0. The van der Waals surface area contributed by atoms with Gasteiger partial charge in [-0.3, -0.25) is 0 Å². The van der Waals surface area contributed by atoms with Gasteiger partial charge in [-0.2, -0.15) is 0 Å². The van der Waals surface area contributed by atoms with Crippen molar-refractivity contribution in [1.82, 2.24) is 0 Å². The van der Waals surface area contributed by atoms with Gasteiger partial charge in [-0.15, -0.1) is 0 Å². The third-order valence-corrected chi connectivity index (χ3v) is 1.39. The minimum absolute atomic E-state index is 0.440. The Morgan fingerprint density at radius 1 is 1.33 bits per heavy atom. The van der Waals surface area contributed by atoms with Crippen LogP contribution in [-0.2, 0) is 0 Å². The quantitative estimate of drug-likeness (QED) is 0.514. The molecule has 0 unspecified atom stereocenters. The lowest BCUT2D eigenvalue weighted by Crippen LogP contribution is -1.94. The predicted molar refractivity (Wildman–Crippen MR) is 36.8 cm³/mol. The van der Waals surface area contributed by atoms with Crippen molar-refractivity contribution in [2.75, 3.05) is 0 Å². The van der Waals surface area contributed by atoms with E-state index in [4.69, 9.17) is 10.8 Å². The van der Waals surface area contributed by atoms with Crippen molar-refractivity contribution < 1.29 is 5.11 Å². The summed E-state index contributed by atoms with van der Waals surface area (Å²) in [6, 6.07) is 0. The van der Waals surface area contributed by atoms with Crippen LogP contribution in [-0.4, -0.2) is 5.11 Å². The lowest BCUT2D eigenvalue weighted by molar-refractivity contribution is 0.385. The molecule has 0 saturated carbocycles. The number of allylic oxidation sites excluding steroid dienone is 4. The molecule has 2 nitrogen and oxygen atoms in total. The van der Waals surface area contributed by atoms with E-state index in [1.165, 1.54) is 0 Å². The Morgan fingerprint density at radius 2 is 2.11 bits per heavy atom. The molecule has 0 radical (unpaired) electrons. The molecule has 50 valence electrons. The summed E-state index contributed by atoms with van der Waals surface area (Å²) < 4.78 is 0. The fourth-order valence-corrected chi connectivity index (χ4v) is 0.844. The van der Waals surface area contributed by atoms with Crippen LogP contribution >= 0.6 is 0 Å². The van der Waals surface area contributed by atoms with Gasteiger partial charge in [-0.1, -0.05) is 0 Å². The first-order valence-electron chi connectivity index (χ1n) is 3.13. The van der Waals surface area contributed by atoms with Crippen molar-refractivity contribution in [3.05, 3.63) is 23.6 Å². The highest BCUT2D eigenvalue weighted by atomic mass is 16.3. The second kappa shape index (κ2) is 2.58. The molecule has 0 bridgehead atoms. The van der Waals surface area contributed by atoms with Crippen molar-refractivity contribution in [2.24, 2.45) is 5.73 Å². The highest BCUT2D eigenvalue weighted by molar-refractivity contribution is 5.14. The van der Waals surface area contributed by atoms with Crippen LogP contribution in [0.3, 0.4) is 0 Å². The molecule has 1 aliphatic rings. The topological polar surface area (TPSA) is 46.2 Å². The Hall–Kier alpha value is -0.920. The maximum atomic E-state index is 8.97. The fraction of sp³-hybridized carbons (Fsp3) is 0.429. The van der Waals surface area contributed by atoms with Gasteiger partial charge in [0, 0.05) is 12.1 Å². The van der Waals surface area contributed by atoms with Gasteiger partial charge in [0.05, 0.1) is 5.76 Å². The summed E-state index contributed by atoms with van der Waals surface area (Å²) in [5.41, 5.74) is 6.36. The summed E-state index contributed by atoms with van der Waals surface area (Å²) in [4.78, 5) is 0. The molecule has 0 aromatic rings. The lowest BCUT2D eigenvalue weighted by Gasteiger charge is -1.94. The smallest absolute Gasteiger partial charge is 0.0923 e. The van der Waals surface area contributed by atoms with E-state index in [1.807, 2.05) is 0 Å². The van der Waals surface area contributed by atoms with E-state index in [0.717, 1.165) is 25.0 Å². The average molecular weight is 125 g/mol. The zero-order valence-electron chi connectivity index (χ0n) is 5.30. The molecule has 9 heavy (non-hydrogen) atoms. The van der Waals surface area contributed by atoms with Gasteiger partial charge in [-0.05, 0) is 25.0 Å². The summed E-state index contributed by atoms with van der Waals surface area (Å²) in [5, 5.41) is 8.97. The maximum absolute atomic E-state index is 8.97. The summed E-state index contributed by atoms with van der Waals surface area (Å²) in [5.74, 6) is 0.440. The molecule has 0 spiro atoms. The molecular formula is C7H11NO. The number of hydrogen-bond donors (Lipinski definition) is 2. The molecule has 0 saturated heterocycles. The first kappa shape index (κ1) is 6.20. The SMILES string of the molecule is NC1=CC=C(O)CCC1. The predicted octanol–water partition coefficient (Wildman–Crippen LogP) is 1.45. The van der Waals surface area contributed by atoms with E-state index in [9.17, 15) is 0 Å². The minimum atomic E-state index is 0.440. The Labute approximate surface area is 54.7 Å². The number of aliphatic hydroxyl groups excluding tert-OH is 1. The van der Waals surface area contributed by atoms with Crippen molar-refractivity contribution >= 4 is 0 Å². The van der Waals surface area contributed by atoms with E-state index in [-0.39, 0.29) is 0 Å². The Kier molecular flexibility index (Phi) is 1.78. The van der Waals surface area contributed by atoms with Crippen molar-refractivity contribution in [3.63, 3.8) is 0 Å². The number of aliphatic hydroxyl groups is 1. The zero-order valence-corrected chi connectivity index (χ0v) is 5.30. The molecule has 3 N–H and O–H groups in total. The normalized spacial score (nSPS) is 20.0. The minimum Gasteiger partial charge on any atom is -0.512 e. The van der Waals surface area contributed by atoms with Crippen LogP contribution in [0.15, 0.2) is 23.6 Å². The van der Waals surface area contributed by atoms with Crippen LogP contribution in [0.2, 0.25) is 0 Å². The highest BCUT2D eigenvalue weighted by Gasteiger charge is 1.98. The van der Waals surface area contributed by atoms with Crippen molar-refractivity contribution in [3.8, 4) is 0 Å². The molecule has 0 aliphatic heterocycles. The summed E-state index contributed by atoms with van der Waals surface area (Å²) >= 11 is 0. The molecule has 0 atom stereocenters. The van der Waals surface area contributed by atoms with Crippen molar-refractivity contribution in [1.29, 1.82) is 0 Å². The molecule has 0 fully saturated rings. The van der Waals surface area contributed by atoms with Crippen LogP contribution in [0.1, 0.15) is 19.3 Å². The first-order valence-corrected chi connectivity index (χ1v) is 3.13. The number of rotatable bonds is 0. The standard InChI is InChI=1S/C7H11NO/c8-6-2-1-3-7(9)5-4-6/h4-5,9H,1-3,8H2. The number of nitrogens with two attached hydrogens (primary N) is 1. The second-order valence-corrected chi connectivity index (χ2v) is 2.25. The van der Waals surface area contributed by atoms with Gasteiger partial charge in [0.15, 0.2) is 0 Å². The van der Waals surface area contributed by atoms with Gasteiger partial charge in [-0.25, -0.2) is 0 Å². The van der Waals surface area contributed by atoms with Gasteiger partial charge in [0.2, 0.25) is 0 Å². The van der Waals surface area contributed by atoms with Crippen LogP contribution in [0, 0.1) is 0 Å². The second-order valence-electron chi connectivity index (χ2n) is 2.25. The molecule has 0 amide bonds. The van der Waals surface area contributed by atoms with Crippen molar-refractivity contribution in [2.45, 2.75) is 19.3 Å². The van der Waals surface area contributed by atoms with Crippen LogP contribution in [0.25, 0.3) is 0 Å². The molecule has 2 heteroatoms. The maximum Gasteiger partial charge on any atom is 0.0923 e. The fourth-order valence-electron chi connectivity index (χ4n) is 0.844. The van der Waals surface area contributed by atoms with Gasteiger partial charge >= 0.3 is 0 Å². The Morgan fingerprint density at radius 3 is 2.89 bits per heavy atom. The first-order chi connectivity index (χ1) is 4.29. The zero-order chi connectivity index (χ0) is 6.69. The van der Waals surface area contributed by atoms with Gasteiger partial charge < -0.3 is 10.8 Å². The summed E-state index contributed by atoms with van der Waals surface area (Å²) in [6.07, 6.45) is 6.06. The molecule has 0 aromatic heterocycles. The third-order valence-electron chi connectivity index (χ3n) is 1.39. The lowest BCUT2D eigenvalue weighted by atomic mass is 10.2. The van der Waals surface area contributed by atoms with E-state index >= 15 is 0 Å². The Bertz CT molecular complexity index is 140. The monoisotopic (exact) mass is 125 g/mol. The molecule has 0 aromatic carbocycles. The van der Waals surface area contributed by atoms with Gasteiger partial charge in [0.1, 0.15) is 0 Å². The Balaban J connectivity index is 2.63. The van der Waals surface area contributed by atoms with Crippen LogP contribution in [0.4, 0.5) is 0 Å². The average Bonchev–Trinajstić information content (AvgIpc) is 1.97. The highest BCUT2D eigenvalue weighted by Crippen LogP contribution is 2.11. The van der Waals surface area contributed by atoms with E-state index in [2.05, 4.69) is 0 Å². The largest absolute Gasteiger partial charge is 0.512 e. The third kappa shape index (κ3) is 1.80. The van der Waals surface area contributed by atoms with E-state index in [1.54, 1.807) is 12.2 Å². The molecular weight excluding hydrogens is 114 g/mol. The molecule has 0 heterocycles. The van der Waals surface area contributed by atoms with E-state index < -0.39 is 0 Å². The molecule has 1 aliphatic carbocycles. The van der Waals surface area contributed by atoms with Crippen LogP contribution < -0.4 is 5.73 Å². The molecule has 1 rings (SSSR count). The van der Waals surface area contributed by atoms with Gasteiger partial charge in [0.25, 0.3) is 0 Å². The van der Waals surface area contributed by atoms with E-state index in [0.29, 0.717) is 5.76 Å². The number of hydrogen-bond acceptors (Lipinski definition) is 2. The van der Waals surface area contributed by atoms with Crippen LogP contribution in [0.5, 0.6) is 0 Å².